The largest absolute Gasteiger partial charge is 0.433 e. The molecule has 0 spiro atoms. The van der Waals surface area contributed by atoms with Gasteiger partial charge in [-0.3, -0.25) is 4.79 Å². The molecule has 0 aliphatic heterocycles. The average molecular weight is 242 g/mol. The molecule has 0 aromatic carbocycles. The molecule has 1 fully saturated rings. The zero-order chi connectivity index (χ0) is 12.7. The summed E-state index contributed by atoms with van der Waals surface area (Å²) in [4.78, 5) is 11.0. The first-order chi connectivity index (χ1) is 8.14. The highest BCUT2D eigenvalue weighted by atomic mass is 16.7. The SMILES string of the molecule is CCCCCCC[C@@H]1C[C@]1(OCC)OC(C)=O. The number of rotatable bonds is 9. The van der Waals surface area contributed by atoms with Crippen LogP contribution in [0.3, 0.4) is 0 Å². The molecule has 0 aromatic rings. The molecule has 0 saturated heterocycles. The Balaban J connectivity index is 2.20. The molecule has 100 valence electrons. The van der Waals surface area contributed by atoms with E-state index in [1.54, 1.807) is 0 Å². The quantitative estimate of drug-likeness (QED) is 0.351. The number of carbonyl (C=O) groups is 1. The van der Waals surface area contributed by atoms with E-state index in [4.69, 9.17) is 9.47 Å². The van der Waals surface area contributed by atoms with Crippen LogP contribution in [0.2, 0.25) is 0 Å². The van der Waals surface area contributed by atoms with Gasteiger partial charge in [0.1, 0.15) is 0 Å². The monoisotopic (exact) mass is 242 g/mol. The van der Waals surface area contributed by atoms with Gasteiger partial charge in [-0.1, -0.05) is 39.0 Å². The van der Waals surface area contributed by atoms with Crippen molar-refractivity contribution in [2.45, 2.75) is 71.5 Å². The minimum absolute atomic E-state index is 0.230. The predicted molar refractivity (Wildman–Crippen MR) is 67.6 cm³/mol. The summed E-state index contributed by atoms with van der Waals surface area (Å²) in [6, 6.07) is 0. The lowest BCUT2D eigenvalue weighted by Gasteiger charge is -2.17. The van der Waals surface area contributed by atoms with Crippen LogP contribution in [0.25, 0.3) is 0 Å². The van der Waals surface area contributed by atoms with Gasteiger partial charge in [-0.05, 0) is 13.3 Å². The van der Waals surface area contributed by atoms with E-state index in [2.05, 4.69) is 6.92 Å². The van der Waals surface area contributed by atoms with Gasteiger partial charge in [0.15, 0.2) is 0 Å². The van der Waals surface area contributed by atoms with E-state index < -0.39 is 5.79 Å². The fourth-order valence-corrected chi connectivity index (χ4v) is 2.42. The van der Waals surface area contributed by atoms with E-state index in [1.165, 1.54) is 39.0 Å². The molecular formula is C14H26O3. The first-order valence-corrected chi connectivity index (χ1v) is 6.98. The van der Waals surface area contributed by atoms with Crippen molar-refractivity contribution in [2.24, 2.45) is 5.92 Å². The molecule has 0 bridgehead atoms. The number of ether oxygens (including phenoxy) is 2. The Morgan fingerprint density at radius 3 is 2.53 bits per heavy atom. The third-order valence-corrected chi connectivity index (χ3v) is 3.35. The van der Waals surface area contributed by atoms with Crippen LogP contribution in [-0.4, -0.2) is 18.4 Å². The molecule has 0 N–H and O–H groups in total. The van der Waals surface area contributed by atoms with Crippen molar-refractivity contribution in [2.75, 3.05) is 6.61 Å². The van der Waals surface area contributed by atoms with Crippen LogP contribution in [0, 0.1) is 5.92 Å². The molecule has 17 heavy (non-hydrogen) atoms. The molecule has 1 aliphatic carbocycles. The smallest absolute Gasteiger partial charge is 0.305 e. The maximum Gasteiger partial charge on any atom is 0.305 e. The van der Waals surface area contributed by atoms with Crippen molar-refractivity contribution in [3.63, 3.8) is 0 Å². The van der Waals surface area contributed by atoms with Crippen LogP contribution in [0.1, 0.15) is 65.7 Å². The molecule has 1 rings (SSSR count). The zero-order valence-electron chi connectivity index (χ0n) is 11.5. The van der Waals surface area contributed by atoms with Crippen molar-refractivity contribution >= 4 is 5.97 Å². The summed E-state index contributed by atoms with van der Waals surface area (Å²) in [5.74, 6) is -0.370. The van der Waals surface area contributed by atoms with Gasteiger partial charge in [0.25, 0.3) is 0 Å². The van der Waals surface area contributed by atoms with Crippen LogP contribution in [0.4, 0.5) is 0 Å². The van der Waals surface area contributed by atoms with Gasteiger partial charge in [-0.2, -0.15) is 0 Å². The third kappa shape index (κ3) is 4.66. The molecule has 3 heteroatoms. The minimum Gasteiger partial charge on any atom is -0.433 e. The number of hydrogen-bond donors (Lipinski definition) is 0. The molecular weight excluding hydrogens is 216 g/mol. The lowest BCUT2D eigenvalue weighted by Crippen LogP contribution is -2.24. The maximum atomic E-state index is 11.0. The Bertz CT molecular complexity index is 240. The first kappa shape index (κ1) is 14.5. The first-order valence-electron chi connectivity index (χ1n) is 6.98. The summed E-state index contributed by atoms with van der Waals surface area (Å²) in [6.45, 7) is 6.24. The van der Waals surface area contributed by atoms with Crippen LogP contribution in [0.5, 0.6) is 0 Å². The number of unbranched alkanes of at least 4 members (excludes halogenated alkanes) is 4. The fourth-order valence-electron chi connectivity index (χ4n) is 2.42. The molecule has 0 amide bonds. The summed E-state index contributed by atoms with van der Waals surface area (Å²) < 4.78 is 10.9. The summed E-state index contributed by atoms with van der Waals surface area (Å²) >= 11 is 0. The Morgan fingerprint density at radius 1 is 1.24 bits per heavy atom. The highest BCUT2D eigenvalue weighted by molar-refractivity contribution is 5.66. The van der Waals surface area contributed by atoms with Crippen molar-refractivity contribution in [1.29, 1.82) is 0 Å². The van der Waals surface area contributed by atoms with Crippen molar-refractivity contribution in [3.05, 3.63) is 0 Å². The zero-order valence-corrected chi connectivity index (χ0v) is 11.5. The molecule has 1 aliphatic rings. The van der Waals surface area contributed by atoms with Gasteiger partial charge < -0.3 is 9.47 Å². The molecule has 0 heterocycles. The Kier molecular flexibility index (Phi) is 5.96. The van der Waals surface area contributed by atoms with E-state index in [-0.39, 0.29) is 5.97 Å². The van der Waals surface area contributed by atoms with E-state index in [0.717, 1.165) is 12.8 Å². The second kappa shape index (κ2) is 7.00. The van der Waals surface area contributed by atoms with Crippen molar-refractivity contribution in [3.8, 4) is 0 Å². The summed E-state index contributed by atoms with van der Waals surface area (Å²) in [6.07, 6.45) is 8.43. The molecule has 1 saturated carbocycles. The highest BCUT2D eigenvalue weighted by Gasteiger charge is 2.58. The van der Waals surface area contributed by atoms with Gasteiger partial charge >= 0.3 is 5.97 Å². The van der Waals surface area contributed by atoms with Gasteiger partial charge in [-0.15, -0.1) is 0 Å². The summed E-state index contributed by atoms with van der Waals surface area (Å²) in [5, 5.41) is 0. The van der Waals surface area contributed by atoms with Crippen molar-refractivity contribution in [1.82, 2.24) is 0 Å². The third-order valence-electron chi connectivity index (χ3n) is 3.35. The number of esters is 1. The molecule has 2 atom stereocenters. The van der Waals surface area contributed by atoms with Gasteiger partial charge in [-0.25, -0.2) is 0 Å². The molecule has 0 unspecified atom stereocenters. The lowest BCUT2D eigenvalue weighted by atomic mass is 10.1. The van der Waals surface area contributed by atoms with Gasteiger partial charge in [0.2, 0.25) is 5.79 Å². The molecule has 0 radical (unpaired) electrons. The highest BCUT2D eigenvalue weighted by Crippen LogP contribution is 2.50. The van der Waals surface area contributed by atoms with E-state index in [1.807, 2.05) is 6.92 Å². The second-order valence-corrected chi connectivity index (χ2v) is 4.94. The number of hydrogen-bond acceptors (Lipinski definition) is 3. The Labute approximate surface area is 105 Å². The summed E-state index contributed by atoms with van der Waals surface area (Å²) in [5.41, 5.74) is 0. The van der Waals surface area contributed by atoms with Gasteiger partial charge in [0.05, 0.1) is 0 Å². The molecule has 3 nitrogen and oxygen atoms in total. The van der Waals surface area contributed by atoms with Gasteiger partial charge in [0, 0.05) is 25.9 Å². The number of carbonyl (C=O) groups excluding carboxylic acids is 1. The average Bonchev–Trinajstić information content (AvgIpc) is 2.90. The molecule has 0 aromatic heterocycles. The minimum atomic E-state index is -0.564. The second-order valence-electron chi connectivity index (χ2n) is 4.94. The lowest BCUT2D eigenvalue weighted by molar-refractivity contribution is -0.191. The normalized spacial score (nSPS) is 26.9. The van der Waals surface area contributed by atoms with Crippen LogP contribution in [0.15, 0.2) is 0 Å². The van der Waals surface area contributed by atoms with E-state index in [9.17, 15) is 4.79 Å². The van der Waals surface area contributed by atoms with Crippen LogP contribution >= 0.6 is 0 Å². The Hall–Kier alpha value is -0.570. The maximum absolute atomic E-state index is 11.0. The standard InChI is InChI=1S/C14H26O3/c1-4-6-7-8-9-10-13-11-14(13,16-5-2)17-12(3)15/h13H,4-11H2,1-3H3/t13-,14+/m1/s1. The van der Waals surface area contributed by atoms with Crippen LogP contribution in [-0.2, 0) is 14.3 Å². The fraction of sp³-hybridized carbons (Fsp3) is 0.929. The Morgan fingerprint density at radius 2 is 1.94 bits per heavy atom. The predicted octanol–water partition coefficient (Wildman–Crippen LogP) is 3.66. The van der Waals surface area contributed by atoms with E-state index >= 15 is 0 Å². The topological polar surface area (TPSA) is 35.5 Å². The van der Waals surface area contributed by atoms with Crippen molar-refractivity contribution < 1.29 is 14.3 Å². The van der Waals surface area contributed by atoms with Crippen LogP contribution < -0.4 is 0 Å². The summed E-state index contributed by atoms with van der Waals surface area (Å²) in [7, 11) is 0. The van der Waals surface area contributed by atoms with E-state index in [0.29, 0.717) is 12.5 Å².